The van der Waals surface area contributed by atoms with Gasteiger partial charge < -0.3 is 26.2 Å². The molecule has 6 heteroatoms. The quantitative estimate of drug-likeness (QED) is 0.437. The summed E-state index contributed by atoms with van der Waals surface area (Å²) in [5.41, 5.74) is 3.83. The molecule has 0 unspecified atom stereocenters. The topological polar surface area (TPSA) is 124 Å². The predicted octanol–water partition coefficient (Wildman–Crippen LogP) is -0.457. The lowest BCUT2D eigenvalue weighted by molar-refractivity contribution is -0.141. The lowest BCUT2D eigenvalue weighted by atomic mass is 10.0. The third-order valence-electron chi connectivity index (χ3n) is 1.50. The molecular formula is C9H11NO5. The Kier molecular flexibility index (Phi) is 1.65. The van der Waals surface area contributed by atoms with E-state index >= 15 is 0 Å². The van der Waals surface area contributed by atoms with Crippen molar-refractivity contribution < 1.29 is 32.1 Å². The number of hydrogen-bond donors (Lipinski definition) is 5. The molecule has 6 nitrogen and oxygen atoms in total. The normalized spacial score (nSPS) is 23.5. The molecule has 0 bridgehead atoms. The predicted molar refractivity (Wildman–Crippen MR) is 50.3 cm³/mol. The molecule has 0 saturated carbocycles. The molecule has 0 saturated heterocycles. The maximum atomic E-state index is 10.8. The molecule has 0 aliphatic carbocycles. The van der Waals surface area contributed by atoms with Crippen LogP contribution in [0.5, 0.6) is 11.5 Å². The van der Waals surface area contributed by atoms with Crippen molar-refractivity contribution in [3.63, 3.8) is 0 Å². The van der Waals surface area contributed by atoms with Crippen molar-refractivity contribution in [3.8, 4) is 11.5 Å². The smallest absolute Gasteiger partial charge is 0.323 e. The van der Waals surface area contributed by atoms with E-state index in [1.165, 1.54) is 0 Å². The molecule has 1 aromatic rings. The molecule has 1 aromatic carbocycles. The van der Waals surface area contributed by atoms with E-state index in [1.807, 2.05) is 0 Å². The first-order valence-electron chi connectivity index (χ1n) is 6.14. The Morgan fingerprint density at radius 3 is 2.60 bits per heavy atom. The second-order valence-corrected chi connectivity index (χ2v) is 2.51. The van der Waals surface area contributed by atoms with E-state index in [9.17, 15) is 20.1 Å². The van der Waals surface area contributed by atoms with Crippen LogP contribution >= 0.6 is 0 Å². The molecule has 2 atom stereocenters. The van der Waals surface area contributed by atoms with E-state index in [-0.39, 0.29) is 0 Å². The van der Waals surface area contributed by atoms with Gasteiger partial charge in [0.2, 0.25) is 0 Å². The highest BCUT2D eigenvalue weighted by atomic mass is 16.4. The molecule has 0 heterocycles. The van der Waals surface area contributed by atoms with Gasteiger partial charge in [0, 0.05) is 0 Å². The van der Waals surface area contributed by atoms with Crippen molar-refractivity contribution in [1.29, 1.82) is 0 Å². The number of aromatic hydroxyl groups is 2. The number of carboxylic acid groups (broad SMARTS) is 1. The number of aliphatic hydroxyl groups is 1. The SMILES string of the molecule is [2H]c1c([2H])c([C@@]([2H])(O)[C@]([2H])(N)C(=O)O)c([2H])c(O)c1O. The van der Waals surface area contributed by atoms with Gasteiger partial charge in [0.25, 0.3) is 0 Å². The molecule has 0 radical (unpaired) electrons. The lowest BCUT2D eigenvalue weighted by Crippen LogP contribution is -2.36. The zero-order valence-electron chi connectivity index (χ0n) is 12.3. The van der Waals surface area contributed by atoms with Crippen LogP contribution in [0.4, 0.5) is 0 Å². The summed E-state index contributed by atoms with van der Waals surface area (Å²) in [5.74, 6) is -4.48. The van der Waals surface area contributed by atoms with E-state index in [1.54, 1.807) is 0 Å². The van der Waals surface area contributed by atoms with E-state index in [0.29, 0.717) is 0 Å². The first kappa shape index (κ1) is 5.94. The molecule has 1 rings (SSSR count). The minimum absolute atomic E-state index is 1.04. The molecule has 0 amide bonds. The highest BCUT2D eigenvalue weighted by Gasteiger charge is 2.24. The maximum Gasteiger partial charge on any atom is 0.323 e. The summed E-state index contributed by atoms with van der Waals surface area (Å²) in [6.07, 6.45) is -3.51. The molecule has 0 aromatic heterocycles. The Hall–Kier alpha value is -1.79. The number of carboxylic acids is 1. The van der Waals surface area contributed by atoms with Crippen molar-refractivity contribution in [2.24, 2.45) is 5.73 Å². The number of phenolic OH excluding ortho intramolecular Hbond substituents is 2. The Labute approximate surface area is 92.2 Å². The number of aliphatic carboxylic acids is 1. The highest BCUT2D eigenvalue weighted by molar-refractivity contribution is 5.74. The van der Waals surface area contributed by atoms with Gasteiger partial charge in [-0.05, 0) is 17.6 Å². The van der Waals surface area contributed by atoms with Crippen LogP contribution in [0.15, 0.2) is 18.1 Å². The molecule has 82 valence electrons. The van der Waals surface area contributed by atoms with Crippen LogP contribution in [-0.2, 0) is 4.79 Å². The fourth-order valence-electron chi connectivity index (χ4n) is 0.744. The molecule has 0 spiro atoms. The standard InChI is InChI=1S/C9H11NO5/c10-7(9(14)15)8(13)4-1-2-5(11)6(12)3-4/h1-3,7-8,11-13H,10H2,(H,14,15)/t7-,8+/m0/s1/i1D,2D,3D,7D,8D. The Morgan fingerprint density at radius 1 is 1.47 bits per heavy atom. The van der Waals surface area contributed by atoms with Crippen molar-refractivity contribution in [3.05, 3.63) is 23.7 Å². The molecule has 6 N–H and O–H groups in total. The third kappa shape index (κ3) is 2.36. The van der Waals surface area contributed by atoms with Gasteiger partial charge in [-0.2, -0.15) is 0 Å². The number of hydrogen-bond acceptors (Lipinski definition) is 5. The number of rotatable bonds is 3. The maximum absolute atomic E-state index is 10.8. The largest absolute Gasteiger partial charge is 0.504 e. The van der Waals surface area contributed by atoms with E-state index in [4.69, 9.17) is 17.7 Å². The van der Waals surface area contributed by atoms with Crippen molar-refractivity contribution in [2.75, 3.05) is 0 Å². The van der Waals surface area contributed by atoms with E-state index in [0.717, 1.165) is 0 Å². The van der Waals surface area contributed by atoms with Crippen LogP contribution in [0.1, 0.15) is 18.5 Å². The summed E-state index contributed by atoms with van der Waals surface area (Å²) in [4.78, 5) is 10.8. The van der Waals surface area contributed by atoms with Crippen LogP contribution < -0.4 is 5.73 Å². The van der Waals surface area contributed by atoms with Gasteiger partial charge in [0.1, 0.15) is 12.1 Å². The Bertz CT molecular complexity index is 560. The van der Waals surface area contributed by atoms with Crippen LogP contribution in [0.3, 0.4) is 0 Å². The Balaban J connectivity index is 3.76. The molecule has 0 aliphatic heterocycles. The second-order valence-electron chi connectivity index (χ2n) is 2.51. The van der Waals surface area contributed by atoms with Gasteiger partial charge in [0.05, 0.1) is 6.85 Å². The number of nitrogens with two attached hydrogens (primary N) is 1. The summed E-state index contributed by atoms with van der Waals surface area (Å²) >= 11 is 0. The average Bonchev–Trinajstić information content (AvgIpc) is 2.33. The van der Waals surface area contributed by atoms with Gasteiger partial charge in [-0.3, -0.25) is 4.79 Å². The molecular weight excluding hydrogens is 202 g/mol. The fourth-order valence-corrected chi connectivity index (χ4v) is 0.744. The van der Waals surface area contributed by atoms with Gasteiger partial charge >= 0.3 is 5.97 Å². The van der Waals surface area contributed by atoms with Crippen LogP contribution in [0, 0.1) is 0 Å². The zero-order valence-corrected chi connectivity index (χ0v) is 7.27. The van der Waals surface area contributed by atoms with Crippen LogP contribution in [0.25, 0.3) is 0 Å². The van der Waals surface area contributed by atoms with Gasteiger partial charge in [0.15, 0.2) is 11.5 Å². The number of carbonyl (C=O) groups is 1. The summed E-state index contributed by atoms with van der Waals surface area (Å²) in [6.45, 7) is 0. The van der Waals surface area contributed by atoms with Crippen molar-refractivity contribution >= 4 is 5.97 Å². The van der Waals surface area contributed by atoms with Crippen molar-refractivity contribution in [1.82, 2.24) is 0 Å². The van der Waals surface area contributed by atoms with Crippen LogP contribution in [0.2, 0.25) is 0 Å². The minimum atomic E-state index is -3.51. The average molecular weight is 218 g/mol. The summed E-state index contributed by atoms with van der Waals surface area (Å²) < 4.78 is 36.9. The summed E-state index contributed by atoms with van der Waals surface area (Å²) in [5, 5.41) is 37.2. The Morgan fingerprint density at radius 2 is 2.07 bits per heavy atom. The first-order chi connectivity index (χ1) is 8.87. The summed E-state index contributed by atoms with van der Waals surface area (Å²) in [7, 11) is 0. The van der Waals surface area contributed by atoms with Gasteiger partial charge in [-0.15, -0.1) is 0 Å². The van der Waals surface area contributed by atoms with Gasteiger partial charge in [-0.1, -0.05) is 6.04 Å². The van der Waals surface area contributed by atoms with Gasteiger partial charge in [-0.25, -0.2) is 0 Å². The van der Waals surface area contributed by atoms with E-state index < -0.39 is 53.3 Å². The molecule has 0 fully saturated rings. The third-order valence-corrected chi connectivity index (χ3v) is 1.50. The minimum Gasteiger partial charge on any atom is -0.504 e. The highest BCUT2D eigenvalue weighted by Crippen LogP contribution is 2.28. The van der Waals surface area contributed by atoms with E-state index in [2.05, 4.69) is 0 Å². The molecule has 0 aliphatic rings. The number of benzene rings is 1. The fraction of sp³-hybridized carbons (Fsp3) is 0.222. The zero-order chi connectivity index (χ0) is 16.0. The number of phenols is 2. The summed E-state index contributed by atoms with van der Waals surface area (Å²) in [6, 6.07) is -6.66. The second kappa shape index (κ2) is 4.16. The molecule has 15 heavy (non-hydrogen) atoms. The van der Waals surface area contributed by atoms with Crippen molar-refractivity contribution in [2.45, 2.75) is 12.1 Å². The monoisotopic (exact) mass is 218 g/mol. The van der Waals surface area contributed by atoms with Crippen LogP contribution in [-0.4, -0.2) is 32.4 Å². The first-order valence-corrected chi connectivity index (χ1v) is 3.64. The lowest BCUT2D eigenvalue weighted by Gasteiger charge is -2.15.